The lowest BCUT2D eigenvalue weighted by molar-refractivity contribution is -0.336. The van der Waals surface area contributed by atoms with Crippen molar-refractivity contribution in [2.75, 3.05) is 14.2 Å². The number of aliphatic hydroxyl groups excluding tert-OH is 2. The van der Waals surface area contributed by atoms with Crippen molar-refractivity contribution in [1.82, 2.24) is 4.98 Å². The molecule has 7 unspecified atom stereocenters. The van der Waals surface area contributed by atoms with Gasteiger partial charge in [-0.3, -0.25) is 9.32 Å². The Morgan fingerprint density at radius 2 is 1.82 bits per heavy atom. The van der Waals surface area contributed by atoms with Gasteiger partial charge in [-0.25, -0.2) is 9.55 Å². The fraction of sp³-hybridized carbons (Fsp3) is 0.700. The molecule has 1 amide bonds. The molecular weight excluding hydrogens is 731 g/mol. The second kappa shape index (κ2) is 19.8. The molecule has 3 heterocycles. The molecule has 14 nitrogen and oxygen atoms in total. The number of rotatable bonds is 19. The Balaban J connectivity index is 1.83. The molecule has 2 fully saturated rings. The van der Waals surface area contributed by atoms with E-state index in [0.717, 1.165) is 23.1 Å². The molecule has 6 N–H and O–H groups in total. The Bertz CT molecular complexity index is 1600. The predicted octanol–water partition coefficient (Wildman–Crippen LogP) is 5.93. The molecule has 3 rings (SSSR count). The molecule has 2 aliphatic rings. The van der Waals surface area contributed by atoms with Gasteiger partial charge in [0.2, 0.25) is 5.91 Å². The SMILES string of the molecule is COC(CC(O)C(C)C(O)C(C)/C=C(C)/C(C)=C/CC/C(C)=C\C(N)=O)C1O[C@@]2(C[C@H](OC)[C@H](C)[C@H](C/C=C/c3coc(C)n3)O2)C(C)(C)C1OP(=O)(O)O. The highest BCUT2D eigenvalue weighted by Crippen LogP contribution is 2.59. The lowest BCUT2D eigenvalue weighted by Crippen LogP contribution is -2.58. The smallest absolute Gasteiger partial charge is 0.449 e. The number of aromatic nitrogens is 1. The van der Waals surface area contributed by atoms with Crippen molar-refractivity contribution >= 4 is 19.8 Å². The summed E-state index contributed by atoms with van der Waals surface area (Å²) in [7, 11) is -2.01. The van der Waals surface area contributed by atoms with Gasteiger partial charge in [-0.05, 0) is 46.1 Å². The summed E-state index contributed by atoms with van der Waals surface area (Å²) in [6.07, 6.45) is 6.85. The number of oxazole rings is 1. The zero-order valence-electron chi connectivity index (χ0n) is 34.3. The molecule has 0 saturated carbocycles. The van der Waals surface area contributed by atoms with Crippen LogP contribution in [0.4, 0.5) is 0 Å². The van der Waals surface area contributed by atoms with E-state index in [9.17, 15) is 29.4 Å². The van der Waals surface area contributed by atoms with E-state index in [-0.39, 0.29) is 30.8 Å². The minimum Gasteiger partial charge on any atom is -0.449 e. The minimum atomic E-state index is -5.06. The largest absolute Gasteiger partial charge is 0.469 e. The van der Waals surface area contributed by atoms with E-state index in [2.05, 4.69) is 11.1 Å². The number of nitrogens with zero attached hydrogens (tertiary/aromatic N) is 1. The van der Waals surface area contributed by atoms with Crippen molar-refractivity contribution in [2.24, 2.45) is 28.9 Å². The van der Waals surface area contributed by atoms with Crippen molar-refractivity contribution in [3.8, 4) is 0 Å². The van der Waals surface area contributed by atoms with Crippen molar-refractivity contribution in [2.45, 2.75) is 143 Å². The highest BCUT2D eigenvalue weighted by molar-refractivity contribution is 7.46. The molecule has 1 aromatic rings. The summed E-state index contributed by atoms with van der Waals surface area (Å²) in [5, 5.41) is 22.9. The third kappa shape index (κ3) is 12.3. The standard InChI is InChI=1S/C40H65N2O12P/c1-23(18-35(41)44)14-12-15-24(2)25(3)19-26(4)36(45)27(5)31(43)20-33(49-10)37-38(54-55(46,47)48)39(8,9)40(53-37)21-34(50-11)28(6)32(52-40)17-13-16-30-22-51-29(7)42-30/h13,15-16,18-19,22,26-28,31-34,36-38,43,45H,12,14,17,20-21H2,1-11H3,(H2,41,44)(H2,46,47,48)/b16-13+,23-18-,24-15+,25-19+/t26?,27?,28-,31?,32+,33?,34+,36?,37?,38?,40+/m1/s1. The second-order valence-electron chi connectivity index (χ2n) is 16.0. The van der Waals surface area contributed by atoms with Crippen LogP contribution < -0.4 is 5.73 Å². The zero-order valence-corrected chi connectivity index (χ0v) is 35.2. The molecule has 0 aromatic carbocycles. The number of amides is 1. The summed E-state index contributed by atoms with van der Waals surface area (Å²) in [5.74, 6) is -2.37. The molecule has 1 aromatic heterocycles. The molecule has 0 radical (unpaired) electrons. The van der Waals surface area contributed by atoms with E-state index in [0.29, 0.717) is 24.4 Å². The molecule has 2 aliphatic heterocycles. The number of phosphoric acid groups is 1. The van der Waals surface area contributed by atoms with E-state index in [4.69, 9.17) is 33.6 Å². The van der Waals surface area contributed by atoms with Crippen LogP contribution in [-0.4, -0.2) is 93.6 Å². The van der Waals surface area contributed by atoms with Crippen molar-refractivity contribution in [3.05, 3.63) is 58.9 Å². The van der Waals surface area contributed by atoms with Gasteiger partial charge >= 0.3 is 7.82 Å². The van der Waals surface area contributed by atoms with Gasteiger partial charge in [0.05, 0.1) is 30.5 Å². The normalized spacial score (nSPS) is 29.4. The summed E-state index contributed by atoms with van der Waals surface area (Å²) in [6.45, 7) is 16.8. The number of allylic oxidation sites excluding steroid dienone is 4. The Morgan fingerprint density at radius 3 is 2.38 bits per heavy atom. The van der Waals surface area contributed by atoms with Crippen LogP contribution in [-0.2, 0) is 32.8 Å². The Hall–Kier alpha value is -2.49. The summed E-state index contributed by atoms with van der Waals surface area (Å²) in [5.41, 5.74) is 7.66. The fourth-order valence-corrected chi connectivity index (χ4v) is 8.41. The number of hydrogen-bond acceptors (Lipinski definition) is 11. The lowest BCUT2D eigenvalue weighted by Gasteiger charge is -2.50. The fourth-order valence-electron chi connectivity index (χ4n) is 7.73. The van der Waals surface area contributed by atoms with Gasteiger partial charge in [-0.2, -0.15) is 0 Å². The van der Waals surface area contributed by atoms with Gasteiger partial charge in [-0.1, -0.05) is 69.6 Å². The number of nitrogens with two attached hydrogens (primary N) is 1. The van der Waals surface area contributed by atoms with Crippen molar-refractivity contribution in [1.29, 1.82) is 0 Å². The molecule has 55 heavy (non-hydrogen) atoms. The van der Waals surface area contributed by atoms with E-state index >= 15 is 0 Å². The van der Waals surface area contributed by atoms with Gasteiger partial charge in [0.25, 0.3) is 0 Å². The topological polar surface area (TPSA) is 213 Å². The lowest BCUT2D eigenvalue weighted by atomic mass is 9.72. The van der Waals surface area contributed by atoms with Crippen LogP contribution in [0.3, 0.4) is 0 Å². The second-order valence-corrected chi connectivity index (χ2v) is 17.1. The number of aryl methyl sites for hydroxylation is 1. The van der Waals surface area contributed by atoms with Crippen LogP contribution in [0.1, 0.15) is 99.1 Å². The summed E-state index contributed by atoms with van der Waals surface area (Å²) in [6, 6.07) is 0. The first-order chi connectivity index (χ1) is 25.5. The molecule has 2 saturated heterocycles. The number of carbonyl (C=O) groups excluding carboxylic acids is 1. The third-order valence-electron chi connectivity index (χ3n) is 11.5. The van der Waals surface area contributed by atoms with E-state index in [1.807, 2.05) is 52.8 Å². The average Bonchev–Trinajstić information content (AvgIpc) is 3.59. The number of phosphoric ester groups is 1. The Kier molecular flexibility index (Phi) is 16.9. The maximum absolute atomic E-state index is 12.5. The highest BCUT2D eigenvalue weighted by Gasteiger charge is 2.68. The zero-order chi connectivity index (χ0) is 41.5. The van der Waals surface area contributed by atoms with Crippen LogP contribution in [0.5, 0.6) is 0 Å². The Morgan fingerprint density at radius 1 is 1.15 bits per heavy atom. The maximum atomic E-state index is 12.5. The number of primary amides is 1. The first-order valence-corrected chi connectivity index (χ1v) is 20.5. The van der Waals surface area contributed by atoms with Crippen LogP contribution in [0.25, 0.3) is 6.08 Å². The van der Waals surface area contributed by atoms with Crippen LogP contribution in [0.2, 0.25) is 0 Å². The molecular formula is C40H65N2O12P. The van der Waals surface area contributed by atoms with Crippen molar-refractivity contribution in [3.63, 3.8) is 0 Å². The summed E-state index contributed by atoms with van der Waals surface area (Å²) < 4.78 is 48.7. The predicted molar refractivity (Wildman–Crippen MR) is 208 cm³/mol. The molecule has 0 bridgehead atoms. The molecule has 312 valence electrons. The van der Waals surface area contributed by atoms with Gasteiger partial charge in [-0.15, -0.1) is 0 Å². The van der Waals surface area contributed by atoms with Crippen molar-refractivity contribution < 1.29 is 57.2 Å². The van der Waals surface area contributed by atoms with Gasteiger partial charge in [0.15, 0.2) is 11.7 Å². The number of hydrogen-bond donors (Lipinski definition) is 5. The van der Waals surface area contributed by atoms with Crippen LogP contribution in [0.15, 0.2) is 51.7 Å². The average molecular weight is 797 g/mol. The number of aliphatic hydroxyl groups is 2. The third-order valence-corrected chi connectivity index (χ3v) is 12.0. The van der Waals surface area contributed by atoms with Gasteiger partial charge < -0.3 is 49.1 Å². The Labute approximate surface area is 326 Å². The first kappa shape index (κ1) is 46.9. The molecule has 11 atom stereocenters. The summed E-state index contributed by atoms with van der Waals surface area (Å²) >= 11 is 0. The molecule has 0 aliphatic carbocycles. The number of carbonyl (C=O) groups is 1. The monoisotopic (exact) mass is 796 g/mol. The summed E-state index contributed by atoms with van der Waals surface area (Å²) in [4.78, 5) is 35.6. The number of ether oxygens (including phenoxy) is 4. The van der Waals surface area contributed by atoms with Gasteiger partial charge in [0, 0.05) is 63.2 Å². The van der Waals surface area contributed by atoms with E-state index < -0.39 is 67.5 Å². The van der Waals surface area contributed by atoms with E-state index in [1.54, 1.807) is 41.1 Å². The first-order valence-electron chi connectivity index (χ1n) is 19.0. The maximum Gasteiger partial charge on any atom is 0.469 e. The number of methoxy groups -OCH3 is 2. The van der Waals surface area contributed by atoms with Gasteiger partial charge in [0.1, 0.15) is 24.2 Å². The molecule has 1 spiro atoms. The van der Waals surface area contributed by atoms with Crippen LogP contribution in [0, 0.1) is 30.1 Å². The molecule has 15 heteroatoms. The van der Waals surface area contributed by atoms with E-state index in [1.165, 1.54) is 13.2 Å². The van der Waals surface area contributed by atoms with Crippen LogP contribution >= 0.6 is 7.82 Å². The quantitative estimate of drug-likeness (QED) is 0.0625. The minimum absolute atomic E-state index is 0.0352. The highest BCUT2D eigenvalue weighted by atomic mass is 31.2.